The number of primary amides is 1. The highest BCUT2D eigenvalue weighted by molar-refractivity contribution is 6.40. The van der Waals surface area contributed by atoms with Crippen molar-refractivity contribution in [1.29, 1.82) is 0 Å². The number of nitrogens with one attached hydrogen (secondary N) is 1. The minimum absolute atomic E-state index is 0.152. The van der Waals surface area contributed by atoms with E-state index in [0.29, 0.717) is 25.5 Å². The van der Waals surface area contributed by atoms with Crippen LogP contribution in [0.15, 0.2) is 35.4 Å². The van der Waals surface area contributed by atoms with Crippen LogP contribution in [0.1, 0.15) is 26.7 Å². The fourth-order valence-electron chi connectivity index (χ4n) is 3.62. The van der Waals surface area contributed by atoms with E-state index >= 15 is 0 Å². The maximum Gasteiger partial charge on any atom is 0.267 e. The first-order valence-corrected chi connectivity index (χ1v) is 9.76. The molecule has 2 amide bonds. The third-order valence-electron chi connectivity index (χ3n) is 5.69. The number of hydrogen-bond acceptors (Lipinski definition) is 6. The van der Waals surface area contributed by atoms with E-state index in [1.54, 1.807) is 0 Å². The number of para-hydroxylation sites is 1. The van der Waals surface area contributed by atoms with Crippen molar-refractivity contribution in [1.82, 2.24) is 10.2 Å². The molecule has 8 nitrogen and oxygen atoms in total. The Morgan fingerprint density at radius 2 is 1.96 bits per heavy atom. The lowest BCUT2D eigenvalue weighted by atomic mass is 9.95. The zero-order valence-electron chi connectivity index (χ0n) is 16.6. The normalized spacial score (nSPS) is 22.4. The molecule has 0 aromatic heterocycles. The molecule has 2 aliphatic heterocycles. The van der Waals surface area contributed by atoms with Crippen LogP contribution in [0.2, 0.25) is 0 Å². The molecular formula is C20H29N5O3. The van der Waals surface area contributed by atoms with Crippen molar-refractivity contribution in [2.75, 3.05) is 37.9 Å². The summed E-state index contributed by atoms with van der Waals surface area (Å²) in [7, 11) is 0. The molecule has 1 aromatic rings. The molecule has 1 aromatic carbocycles. The Morgan fingerprint density at radius 3 is 2.57 bits per heavy atom. The molecule has 28 heavy (non-hydrogen) atoms. The molecular weight excluding hydrogens is 358 g/mol. The number of carbonyl (C=O) groups excluding carboxylic acids is 2. The van der Waals surface area contributed by atoms with Gasteiger partial charge in [-0.05, 0) is 25.5 Å². The molecule has 0 spiro atoms. The lowest BCUT2D eigenvalue weighted by molar-refractivity contribution is -0.119. The van der Waals surface area contributed by atoms with Crippen molar-refractivity contribution < 1.29 is 14.3 Å². The quantitative estimate of drug-likeness (QED) is 0.718. The largest absolute Gasteiger partial charge is 0.379 e. The van der Waals surface area contributed by atoms with Gasteiger partial charge in [-0.1, -0.05) is 25.1 Å². The van der Waals surface area contributed by atoms with Gasteiger partial charge in [0.15, 0.2) is 0 Å². The summed E-state index contributed by atoms with van der Waals surface area (Å²) in [6, 6.07) is 8.62. The summed E-state index contributed by atoms with van der Waals surface area (Å²) in [6.07, 6.45) is 1.11. The molecule has 3 rings (SSSR count). The first-order chi connectivity index (χ1) is 13.4. The van der Waals surface area contributed by atoms with Gasteiger partial charge in [-0.2, -0.15) is 5.10 Å². The van der Waals surface area contributed by atoms with Crippen LogP contribution in [0.4, 0.5) is 5.69 Å². The third-order valence-corrected chi connectivity index (χ3v) is 5.69. The van der Waals surface area contributed by atoms with Crippen molar-refractivity contribution in [3.63, 3.8) is 0 Å². The summed E-state index contributed by atoms with van der Waals surface area (Å²) in [5, 5.41) is 8.96. The second-order valence-electron chi connectivity index (χ2n) is 7.48. The Bertz CT molecular complexity index is 733. The number of morpholine rings is 1. The Morgan fingerprint density at radius 1 is 1.29 bits per heavy atom. The standard InChI is InChI=1S/C20H29N5O3/c1-3-20(2,24-9-11-28-12-10-24)14-22-19(27)16-13-17(18(21)26)25(23-16)15-7-5-4-6-8-15/h4-8,17H,3,9-14H2,1-2H3,(H2,21,26)(H,22,27). The summed E-state index contributed by atoms with van der Waals surface area (Å²) in [4.78, 5) is 27.0. The van der Waals surface area contributed by atoms with Crippen LogP contribution in [0.3, 0.4) is 0 Å². The first kappa shape index (κ1) is 20.3. The fourth-order valence-corrected chi connectivity index (χ4v) is 3.62. The molecule has 0 saturated carbocycles. The zero-order valence-corrected chi connectivity index (χ0v) is 16.6. The predicted octanol–water partition coefficient (Wildman–Crippen LogP) is 0.724. The Balaban J connectivity index is 1.68. The van der Waals surface area contributed by atoms with Gasteiger partial charge in [0.1, 0.15) is 11.8 Å². The van der Waals surface area contributed by atoms with Crippen LogP contribution in [-0.4, -0.2) is 66.9 Å². The van der Waals surface area contributed by atoms with E-state index in [9.17, 15) is 9.59 Å². The maximum atomic E-state index is 12.8. The number of benzene rings is 1. The van der Waals surface area contributed by atoms with Crippen LogP contribution in [0.5, 0.6) is 0 Å². The molecule has 8 heteroatoms. The highest BCUT2D eigenvalue weighted by Crippen LogP contribution is 2.25. The molecule has 2 aliphatic rings. The fraction of sp³-hybridized carbons (Fsp3) is 0.550. The van der Waals surface area contributed by atoms with Crippen LogP contribution in [0, 0.1) is 0 Å². The number of ether oxygens (including phenoxy) is 1. The molecule has 2 atom stereocenters. The van der Waals surface area contributed by atoms with Gasteiger partial charge < -0.3 is 15.8 Å². The Kier molecular flexibility index (Phi) is 6.31. The van der Waals surface area contributed by atoms with Crippen molar-refractivity contribution in [2.45, 2.75) is 38.3 Å². The Hall–Kier alpha value is -2.45. The van der Waals surface area contributed by atoms with Crippen molar-refractivity contribution in [3.05, 3.63) is 30.3 Å². The summed E-state index contributed by atoms with van der Waals surface area (Å²) < 4.78 is 5.44. The van der Waals surface area contributed by atoms with Crippen molar-refractivity contribution >= 4 is 23.2 Å². The molecule has 2 heterocycles. The van der Waals surface area contributed by atoms with E-state index < -0.39 is 11.9 Å². The molecule has 0 aliphatic carbocycles. The maximum absolute atomic E-state index is 12.8. The van der Waals surface area contributed by atoms with Gasteiger partial charge in [-0.15, -0.1) is 0 Å². The monoisotopic (exact) mass is 387 g/mol. The molecule has 152 valence electrons. The minimum atomic E-state index is -0.653. The second-order valence-corrected chi connectivity index (χ2v) is 7.48. The van der Waals surface area contributed by atoms with Gasteiger partial charge in [0.25, 0.3) is 5.91 Å². The number of hydrogen-bond donors (Lipinski definition) is 2. The zero-order chi connectivity index (χ0) is 20.1. The van der Waals surface area contributed by atoms with Crippen LogP contribution < -0.4 is 16.1 Å². The number of nitrogens with zero attached hydrogens (tertiary/aromatic N) is 3. The number of anilines is 1. The number of hydrazone groups is 1. The van der Waals surface area contributed by atoms with Gasteiger partial charge in [0.2, 0.25) is 5.91 Å². The van der Waals surface area contributed by atoms with Crippen LogP contribution in [-0.2, 0) is 14.3 Å². The second kappa shape index (κ2) is 8.70. The van der Waals surface area contributed by atoms with E-state index in [4.69, 9.17) is 10.5 Å². The van der Waals surface area contributed by atoms with E-state index in [1.165, 1.54) is 5.01 Å². The van der Waals surface area contributed by atoms with E-state index in [1.807, 2.05) is 30.3 Å². The number of rotatable bonds is 7. The van der Waals surface area contributed by atoms with Gasteiger partial charge in [-0.3, -0.25) is 19.5 Å². The lowest BCUT2D eigenvalue weighted by Crippen LogP contribution is -2.57. The molecule has 1 saturated heterocycles. The van der Waals surface area contributed by atoms with Crippen molar-refractivity contribution in [3.8, 4) is 0 Å². The molecule has 0 bridgehead atoms. The summed E-state index contributed by atoms with van der Waals surface area (Å²) in [5.41, 5.74) is 6.46. The van der Waals surface area contributed by atoms with Crippen LogP contribution >= 0.6 is 0 Å². The summed E-state index contributed by atoms with van der Waals surface area (Å²) in [6.45, 7) is 7.91. The molecule has 3 N–H and O–H groups in total. The van der Waals surface area contributed by atoms with E-state index in [-0.39, 0.29) is 17.9 Å². The first-order valence-electron chi connectivity index (χ1n) is 9.76. The highest BCUT2D eigenvalue weighted by Gasteiger charge is 2.36. The number of carbonyl (C=O) groups is 2. The van der Waals surface area contributed by atoms with Crippen LogP contribution in [0.25, 0.3) is 0 Å². The summed E-state index contributed by atoms with van der Waals surface area (Å²) >= 11 is 0. The minimum Gasteiger partial charge on any atom is -0.379 e. The van der Waals surface area contributed by atoms with E-state index in [0.717, 1.165) is 25.2 Å². The SMILES string of the molecule is CCC(C)(CNC(=O)C1=NN(c2ccccc2)C(C(N)=O)C1)N1CCOCC1. The predicted molar refractivity (Wildman–Crippen MR) is 108 cm³/mol. The molecule has 2 unspecified atom stereocenters. The van der Waals surface area contributed by atoms with Gasteiger partial charge in [0, 0.05) is 31.6 Å². The van der Waals surface area contributed by atoms with E-state index in [2.05, 4.69) is 29.2 Å². The van der Waals surface area contributed by atoms with Crippen molar-refractivity contribution in [2.24, 2.45) is 10.8 Å². The van der Waals surface area contributed by atoms with Gasteiger partial charge in [-0.25, -0.2) is 0 Å². The smallest absolute Gasteiger partial charge is 0.267 e. The molecule has 0 radical (unpaired) electrons. The third kappa shape index (κ3) is 4.34. The lowest BCUT2D eigenvalue weighted by Gasteiger charge is -2.43. The average Bonchev–Trinajstić information content (AvgIpc) is 3.19. The van der Waals surface area contributed by atoms with Gasteiger partial charge >= 0.3 is 0 Å². The Labute approximate surface area is 165 Å². The number of amides is 2. The molecule has 1 fully saturated rings. The van der Waals surface area contributed by atoms with Gasteiger partial charge in [0.05, 0.1) is 18.9 Å². The number of nitrogens with two attached hydrogens (primary N) is 1. The summed E-state index contributed by atoms with van der Waals surface area (Å²) in [5.74, 6) is -0.750. The highest BCUT2D eigenvalue weighted by atomic mass is 16.5. The topological polar surface area (TPSA) is 100 Å². The average molecular weight is 387 g/mol.